The van der Waals surface area contributed by atoms with Gasteiger partial charge in [-0.1, -0.05) is 0 Å². The van der Waals surface area contributed by atoms with Crippen LogP contribution in [0.2, 0.25) is 0 Å². The number of nitrogens with zero attached hydrogens (tertiary/aromatic N) is 5. The van der Waals surface area contributed by atoms with Crippen LogP contribution < -0.4 is 5.32 Å². The molecule has 0 radical (unpaired) electrons. The van der Waals surface area contributed by atoms with Gasteiger partial charge in [-0.05, 0) is 25.8 Å². The molecule has 0 bridgehead atoms. The predicted octanol–water partition coefficient (Wildman–Crippen LogP) is 1.52. The summed E-state index contributed by atoms with van der Waals surface area (Å²) >= 11 is 0. The van der Waals surface area contributed by atoms with Crippen LogP contribution in [0.5, 0.6) is 0 Å². The Kier molecular flexibility index (Phi) is 4.99. The Hall–Kier alpha value is -2.43. The zero-order valence-corrected chi connectivity index (χ0v) is 14.4. The van der Waals surface area contributed by atoms with E-state index in [0.29, 0.717) is 31.6 Å². The number of likely N-dealkylation sites (tertiary alicyclic amines) is 1. The fourth-order valence-electron chi connectivity index (χ4n) is 2.94. The van der Waals surface area contributed by atoms with Crippen molar-refractivity contribution in [3.8, 4) is 0 Å². The molecule has 0 unspecified atom stereocenters. The quantitative estimate of drug-likeness (QED) is 0.876. The molecule has 1 N–H and O–H groups in total. The maximum absolute atomic E-state index is 12.5. The van der Waals surface area contributed by atoms with Crippen LogP contribution in [-0.4, -0.2) is 49.9 Å². The average molecular weight is 372 g/mol. The Labute approximate surface area is 147 Å². The number of aromatic nitrogens is 4. The van der Waals surface area contributed by atoms with E-state index in [1.54, 1.807) is 13.1 Å². The van der Waals surface area contributed by atoms with Gasteiger partial charge in [0.25, 0.3) is 5.91 Å². The molecule has 1 saturated heterocycles. The first-order chi connectivity index (χ1) is 12.2. The molecule has 0 spiro atoms. The molecule has 2 aromatic heterocycles. The van der Waals surface area contributed by atoms with E-state index in [-0.39, 0.29) is 24.4 Å². The minimum absolute atomic E-state index is 0.00220. The number of hydrogen-bond donors (Lipinski definition) is 1. The molecule has 3 heterocycles. The van der Waals surface area contributed by atoms with Gasteiger partial charge in [0.15, 0.2) is 0 Å². The van der Waals surface area contributed by atoms with Crippen LogP contribution in [-0.2, 0) is 19.8 Å². The number of rotatable bonds is 4. The molecule has 26 heavy (non-hydrogen) atoms. The number of nitrogens with one attached hydrogen (secondary N) is 1. The number of carbonyl (C=O) groups excluding carboxylic acids is 1. The van der Waals surface area contributed by atoms with Crippen LogP contribution in [0.25, 0.3) is 0 Å². The van der Waals surface area contributed by atoms with Gasteiger partial charge in [0.2, 0.25) is 5.89 Å². The molecule has 142 valence electrons. The number of hydrogen-bond acceptors (Lipinski definition) is 6. The van der Waals surface area contributed by atoms with Crippen molar-refractivity contribution in [3.63, 3.8) is 0 Å². The average Bonchev–Trinajstić information content (AvgIpc) is 3.15. The Morgan fingerprint density at radius 2 is 2.04 bits per heavy atom. The third-order valence-electron chi connectivity index (χ3n) is 4.23. The van der Waals surface area contributed by atoms with Crippen LogP contribution in [0.4, 0.5) is 13.2 Å². The second-order valence-corrected chi connectivity index (χ2v) is 6.32. The number of carbonyl (C=O) groups is 1. The lowest BCUT2D eigenvalue weighted by molar-refractivity contribution is -0.157. The van der Waals surface area contributed by atoms with Gasteiger partial charge in [-0.3, -0.25) is 14.4 Å². The summed E-state index contributed by atoms with van der Waals surface area (Å²) < 4.78 is 43.6. The molecule has 2 aromatic rings. The highest BCUT2D eigenvalue weighted by atomic mass is 19.4. The summed E-state index contributed by atoms with van der Waals surface area (Å²) in [5.74, 6) is -1.58. The molecule has 8 nitrogen and oxygen atoms in total. The number of aryl methyl sites for hydroxylation is 2. The van der Waals surface area contributed by atoms with Gasteiger partial charge in [0.05, 0.1) is 12.2 Å². The van der Waals surface area contributed by atoms with Crippen LogP contribution in [0.1, 0.15) is 40.8 Å². The van der Waals surface area contributed by atoms with Crippen molar-refractivity contribution in [2.24, 2.45) is 7.05 Å². The van der Waals surface area contributed by atoms with E-state index in [4.69, 9.17) is 0 Å². The second-order valence-electron chi connectivity index (χ2n) is 6.32. The van der Waals surface area contributed by atoms with Crippen molar-refractivity contribution in [1.82, 2.24) is 30.2 Å². The molecule has 1 amide bonds. The third-order valence-corrected chi connectivity index (χ3v) is 4.23. The SMILES string of the molecule is Cc1cc(C(=O)NC2CCN(Cc3nnc(C(F)(F)F)o3)CC2)n(C)n1. The summed E-state index contributed by atoms with van der Waals surface area (Å²) in [6.07, 6.45) is -3.27. The zero-order valence-electron chi connectivity index (χ0n) is 14.4. The molecule has 0 saturated carbocycles. The van der Waals surface area contributed by atoms with E-state index in [9.17, 15) is 18.0 Å². The Morgan fingerprint density at radius 1 is 1.35 bits per heavy atom. The highest BCUT2D eigenvalue weighted by molar-refractivity contribution is 5.92. The molecule has 0 atom stereocenters. The van der Waals surface area contributed by atoms with Crippen LogP contribution in [0.3, 0.4) is 0 Å². The van der Waals surface area contributed by atoms with Gasteiger partial charge in [-0.15, -0.1) is 10.2 Å². The number of alkyl halides is 3. The zero-order chi connectivity index (χ0) is 18.9. The largest absolute Gasteiger partial charge is 0.470 e. The van der Waals surface area contributed by atoms with Crippen molar-refractivity contribution in [1.29, 1.82) is 0 Å². The molecule has 1 aliphatic rings. The molecule has 11 heteroatoms. The smallest absolute Gasteiger partial charge is 0.416 e. The number of amides is 1. The van der Waals surface area contributed by atoms with Gasteiger partial charge in [0.1, 0.15) is 5.69 Å². The van der Waals surface area contributed by atoms with Gasteiger partial charge in [0, 0.05) is 26.2 Å². The number of piperidine rings is 1. The predicted molar refractivity (Wildman–Crippen MR) is 83.0 cm³/mol. The molecule has 1 fully saturated rings. The first-order valence-electron chi connectivity index (χ1n) is 8.16. The highest BCUT2D eigenvalue weighted by Crippen LogP contribution is 2.28. The second kappa shape index (κ2) is 7.06. The summed E-state index contributed by atoms with van der Waals surface area (Å²) in [6.45, 7) is 3.19. The Bertz CT molecular complexity index is 777. The topological polar surface area (TPSA) is 89.1 Å². The lowest BCUT2D eigenvalue weighted by Gasteiger charge is -2.31. The molecule has 1 aliphatic heterocycles. The lowest BCUT2D eigenvalue weighted by atomic mass is 10.0. The fourth-order valence-corrected chi connectivity index (χ4v) is 2.94. The first-order valence-corrected chi connectivity index (χ1v) is 8.16. The van der Waals surface area contributed by atoms with Crippen LogP contribution >= 0.6 is 0 Å². The van der Waals surface area contributed by atoms with Gasteiger partial charge in [-0.25, -0.2) is 0 Å². The standard InChI is InChI=1S/C15H19F3N6O2/c1-9-7-11(23(2)22-9)13(25)19-10-3-5-24(6-4-10)8-12-20-21-14(26-12)15(16,17)18/h7,10H,3-6,8H2,1-2H3,(H,19,25). The van der Waals surface area contributed by atoms with Gasteiger partial charge >= 0.3 is 12.1 Å². The first kappa shape index (κ1) is 18.4. The lowest BCUT2D eigenvalue weighted by Crippen LogP contribution is -2.44. The monoisotopic (exact) mass is 372 g/mol. The van der Waals surface area contributed by atoms with E-state index in [1.165, 1.54) is 4.68 Å². The molecular weight excluding hydrogens is 353 g/mol. The fraction of sp³-hybridized carbons (Fsp3) is 0.600. The van der Waals surface area contributed by atoms with Crippen molar-refractivity contribution in [3.05, 3.63) is 29.2 Å². The van der Waals surface area contributed by atoms with Crippen LogP contribution in [0, 0.1) is 6.92 Å². The summed E-state index contributed by atoms with van der Waals surface area (Å²) in [4.78, 5) is 14.2. The molecule has 3 rings (SSSR count). The van der Waals surface area contributed by atoms with Crippen LogP contribution in [0.15, 0.2) is 10.5 Å². The Morgan fingerprint density at radius 3 is 2.58 bits per heavy atom. The van der Waals surface area contributed by atoms with E-state index in [2.05, 4.69) is 25.0 Å². The summed E-state index contributed by atoms with van der Waals surface area (Å²) in [5.41, 5.74) is 1.26. The van der Waals surface area contributed by atoms with E-state index in [1.807, 2.05) is 11.8 Å². The summed E-state index contributed by atoms with van der Waals surface area (Å²) in [6, 6.07) is 1.72. The molecule has 0 aromatic carbocycles. The van der Waals surface area contributed by atoms with E-state index in [0.717, 1.165) is 5.69 Å². The van der Waals surface area contributed by atoms with E-state index >= 15 is 0 Å². The van der Waals surface area contributed by atoms with Crippen molar-refractivity contribution >= 4 is 5.91 Å². The van der Waals surface area contributed by atoms with Crippen molar-refractivity contribution < 1.29 is 22.4 Å². The maximum Gasteiger partial charge on any atom is 0.470 e. The van der Waals surface area contributed by atoms with Gasteiger partial charge in [-0.2, -0.15) is 18.3 Å². The third kappa shape index (κ3) is 4.21. The summed E-state index contributed by atoms with van der Waals surface area (Å²) in [5, 5.41) is 13.6. The Balaban J connectivity index is 1.49. The molecule has 0 aliphatic carbocycles. The maximum atomic E-state index is 12.5. The number of halogens is 3. The highest BCUT2D eigenvalue weighted by Gasteiger charge is 2.38. The van der Waals surface area contributed by atoms with E-state index < -0.39 is 12.1 Å². The summed E-state index contributed by atoms with van der Waals surface area (Å²) in [7, 11) is 1.71. The minimum atomic E-state index is -4.63. The van der Waals surface area contributed by atoms with Gasteiger partial charge < -0.3 is 9.73 Å². The minimum Gasteiger partial charge on any atom is -0.416 e. The van der Waals surface area contributed by atoms with Crippen molar-refractivity contribution in [2.45, 2.75) is 38.5 Å². The molecular formula is C15H19F3N6O2. The normalized spacial score (nSPS) is 16.8. The van der Waals surface area contributed by atoms with Crippen molar-refractivity contribution in [2.75, 3.05) is 13.1 Å².